The van der Waals surface area contributed by atoms with Gasteiger partial charge in [-0.05, 0) is 80.1 Å². The van der Waals surface area contributed by atoms with Crippen LogP contribution < -0.4 is 10.2 Å². The van der Waals surface area contributed by atoms with Crippen molar-refractivity contribution in [3.05, 3.63) is 53.1 Å². The zero-order chi connectivity index (χ0) is 22.9. The monoisotopic (exact) mass is 455 g/mol. The smallest absolute Gasteiger partial charge is 0.244 e. The van der Waals surface area contributed by atoms with Crippen LogP contribution in [0.2, 0.25) is 0 Å². The zero-order valence-corrected chi connectivity index (χ0v) is 19.4. The van der Waals surface area contributed by atoms with Crippen LogP contribution >= 0.6 is 0 Å². The first-order valence-electron chi connectivity index (χ1n) is 11.1. The fraction of sp³-hybridized carbons (Fsp3) is 0.417. The standard InChI is InChI=1S/C24H29N3O4S/c1-17-12-18(2)14-20(13-17)25-23(28)16-27-22-8-7-21(15-19(22)6-9-24(27)29)32(30,31)26-10-4-3-5-11-26/h7-8,12-15H,3-6,9-11,16H2,1-2H3,(H,25,28). The number of nitrogens with zero attached hydrogens (tertiary/aromatic N) is 2. The van der Waals surface area contributed by atoms with Crippen molar-refractivity contribution in [1.29, 1.82) is 0 Å². The van der Waals surface area contributed by atoms with Gasteiger partial charge in [-0.15, -0.1) is 0 Å². The number of hydrogen-bond donors (Lipinski definition) is 1. The minimum absolute atomic E-state index is 0.114. The first kappa shape index (κ1) is 22.5. The van der Waals surface area contributed by atoms with Gasteiger partial charge < -0.3 is 10.2 Å². The molecule has 4 rings (SSSR count). The molecule has 0 aromatic heterocycles. The minimum atomic E-state index is -3.55. The number of hydrogen-bond acceptors (Lipinski definition) is 4. The van der Waals surface area contributed by atoms with Crippen molar-refractivity contribution in [1.82, 2.24) is 4.31 Å². The van der Waals surface area contributed by atoms with E-state index >= 15 is 0 Å². The molecule has 0 radical (unpaired) electrons. The molecule has 1 N–H and O–H groups in total. The largest absolute Gasteiger partial charge is 0.325 e. The molecule has 0 aliphatic carbocycles. The van der Waals surface area contributed by atoms with Gasteiger partial charge in [0.1, 0.15) is 6.54 Å². The molecule has 0 bridgehead atoms. The van der Waals surface area contributed by atoms with Gasteiger partial charge in [0.2, 0.25) is 21.8 Å². The van der Waals surface area contributed by atoms with Gasteiger partial charge in [-0.3, -0.25) is 9.59 Å². The Morgan fingerprint density at radius 3 is 2.34 bits per heavy atom. The number of piperidine rings is 1. The van der Waals surface area contributed by atoms with Gasteiger partial charge in [0.25, 0.3) is 0 Å². The van der Waals surface area contributed by atoms with Crippen LogP contribution in [0.4, 0.5) is 11.4 Å². The third kappa shape index (κ3) is 4.71. The number of anilines is 2. The van der Waals surface area contributed by atoms with Crippen LogP contribution in [0.25, 0.3) is 0 Å². The highest BCUT2D eigenvalue weighted by Crippen LogP contribution is 2.31. The summed E-state index contributed by atoms with van der Waals surface area (Å²) in [6, 6.07) is 10.7. The highest BCUT2D eigenvalue weighted by Gasteiger charge is 2.30. The van der Waals surface area contributed by atoms with Crippen LogP contribution in [-0.4, -0.2) is 44.2 Å². The highest BCUT2D eigenvalue weighted by atomic mass is 32.2. The van der Waals surface area contributed by atoms with E-state index < -0.39 is 10.0 Å². The molecule has 32 heavy (non-hydrogen) atoms. The molecule has 2 aliphatic heterocycles. The maximum atomic E-state index is 13.0. The Hall–Kier alpha value is -2.71. The average Bonchev–Trinajstić information content (AvgIpc) is 2.75. The highest BCUT2D eigenvalue weighted by molar-refractivity contribution is 7.89. The number of amides is 2. The maximum Gasteiger partial charge on any atom is 0.244 e. The fourth-order valence-corrected chi connectivity index (χ4v) is 6.08. The Balaban J connectivity index is 1.54. The van der Waals surface area contributed by atoms with Crippen LogP contribution in [0.1, 0.15) is 42.4 Å². The van der Waals surface area contributed by atoms with Gasteiger partial charge in [0.15, 0.2) is 0 Å². The topological polar surface area (TPSA) is 86.8 Å². The third-order valence-corrected chi connectivity index (χ3v) is 7.91. The predicted molar refractivity (Wildman–Crippen MR) is 124 cm³/mol. The van der Waals surface area contributed by atoms with E-state index in [4.69, 9.17) is 0 Å². The second kappa shape index (κ2) is 9.03. The van der Waals surface area contributed by atoms with E-state index in [0.717, 1.165) is 36.0 Å². The number of aryl methyl sites for hydroxylation is 3. The molecule has 2 aliphatic rings. The van der Waals surface area contributed by atoms with E-state index in [-0.39, 0.29) is 29.7 Å². The lowest BCUT2D eigenvalue weighted by Gasteiger charge is -2.30. The molecule has 1 fully saturated rings. The summed E-state index contributed by atoms with van der Waals surface area (Å²) in [6.45, 7) is 4.90. The number of rotatable bonds is 5. The number of benzene rings is 2. The molecular formula is C24H29N3O4S. The summed E-state index contributed by atoms with van der Waals surface area (Å²) < 4.78 is 27.6. The molecule has 2 aromatic rings. The number of carbonyl (C=O) groups is 2. The van der Waals surface area contributed by atoms with E-state index in [1.165, 1.54) is 4.90 Å². The molecule has 2 amide bonds. The van der Waals surface area contributed by atoms with Gasteiger partial charge in [0, 0.05) is 30.9 Å². The molecule has 0 spiro atoms. The Morgan fingerprint density at radius 2 is 1.66 bits per heavy atom. The number of nitrogens with one attached hydrogen (secondary N) is 1. The van der Waals surface area contributed by atoms with Crippen molar-refractivity contribution in [2.75, 3.05) is 29.9 Å². The van der Waals surface area contributed by atoms with Gasteiger partial charge >= 0.3 is 0 Å². The number of fused-ring (bicyclic) bond motifs is 1. The summed E-state index contributed by atoms with van der Waals surface area (Å²) in [4.78, 5) is 27.0. The molecule has 8 heteroatoms. The average molecular weight is 456 g/mol. The predicted octanol–water partition coefficient (Wildman–Crippen LogP) is 3.40. The molecule has 0 atom stereocenters. The summed E-state index contributed by atoms with van der Waals surface area (Å²) in [5, 5.41) is 2.87. The zero-order valence-electron chi connectivity index (χ0n) is 18.6. The molecule has 7 nitrogen and oxygen atoms in total. The van der Waals surface area contributed by atoms with Crippen LogP contribution in [0.5, 0.6) is 0 Å². The van der Waals surface area contributed by atoms with Crippen molar-refractivity contribution in [3.8, 4) is 0 Å². The lowest BCUT2D eigenvalue weighted by atomic mass is 10.0. The summed E-state index contributed by atoms with van der Waals surface area (Å²) in [6.07, 6.45) is 3.52. The maximum absolute atomic E-state index is 13.0. The molecule has 2 heterocycles. The summed E-state index contributed by atoms with van der Waals surface area (Å²) in [7, 11) is -3.55. The van der Waals surface area contributed by atoms with Gasteiger partial charge in [-0.1, -0.05) is 12.5 Å². The summed E-state index contributed by atoms with van der Waals surface area (Å²) in [5.74, 6) is -0.430. The fourth-order valence-electron chi connectivity index (χ4n) is 4.52. The van der Waals surface area contributed by atoms with Crippen LogP contribution in [-0.2, 0) is 26.0 Å². The molecule has 0 saturated carbocycles. The molecule has 2 aromatic carbocycles. The molecular weight excluding hydrogens is 426 g/mol. The van der Waals surface area contributed by atoms with Crippen LogP contribution in [0.15, 0.2) is 41.3 Å². The van der Waals surface area contributed by atoms with E-state index in [9.17, 15) is 18.0 Å². The quantitative estimate of drug-likeness (QED) is 0.749. The van der Waals surface area contributed by atoms with Crippen molar-refractivity contribution in [3.63, 3.8) is 0 Å². The number of sulfonamides is 1. The van der Waals surface area contributed by atoms with Crippen molar-refractivity contribution < 1.29 is 18.0 Å². The summed E-state index contributed by atoms with van der Waals surface area (Å²) in [5.41, 5.74) is 4.17. The first-order valence-corrected chi connectivity index (χ1v) is 12.5. The lowest BCUT2D eigenvalue weighted by molar-refractivity contribution is -0.121. The molecule has 1 saturated heterocycles. The van der Waals surface area contributed by atoms with Gasteiger partial charge in [-0.2, -0.15) is 4.31 Å². The van der Waals surface area contributed by atoms with E-state index in [0.29, 0.717) is 30.9 Å². The van der Waals surface area contributed by atoms with Crippen LogP contribution in [0, 0.1) is 13.8 Å². The normalized spacial score (nSPS) is 17.2. The minimum Gasteiger partial charge on any atom is -0.325 e. The Bertz CT molecular complexity index is 1130. The van der Waals surface area contributed by atoms with Crippen molar-refractivity contribution in [2.24, 2.45) is 0 Å². The van der Waals surface area contributed by atoms with E-state index in [2.05, 4.69) is 5.32 Å². The van der Waals surface area contributed by atoms with Gasteiger partial charge in [0.05, 0.1) is 4.90 Å². The second-order valence-corrected chi connectivity index (χ2v) is 10.6. The number of carbonyl (C=O) groups excluding carboxylic acids is 2. The molecule has 170 valence electrons. The third-order valence-electron chi connectivity index (χ3n) is 6.01. The Morgan fingerprint density at radius 1 is 0.969 bits per heavy atom. The van der Waals surface area contributed by atoms with Crippen molar-refractivity contribution in [2.45, 2.75) is 50.8 Å². The molecule has 0 unspecified atom stereocenters. The van der Waals surface area contributed by atoms with E-state index in [1.807, 2.05) is 32.0 Å². The van der Waals surface area contributed by atoms with Crippen LogP contribution in [0.3, 0.4) is 0 Å². The SMILES string of the molecule is Cc1cc(C)cc(NC(=O)CN2C(=O)CCc3cc(S(=O)(=O)N4CCCCC4)ccc32)c1. The van der Waals surface area contributed by atoms with Gasteiger partial charge in [-0.25, -0.2) is 8.42 Å². The summed E-state index contributed by atoms with van der Waals surface area (Å²) >= 11 is 0. The van der Waals surface area contributed by atoms with Crippen molar-refractivity contribution >= 4 is 33.2 Å². The Labute approximate surface area is 189 Å². The lowest BCUT2D eigenvalue weighted by Crippen LogP contribution is -2.41. The Kier molecular flexibility index (Phi) is 6.35. The first-order chi connectivity index (χ1) is 15.2. The van der Waals surface area contributed by atoms with E-state index in [1.54, 1.807) is 22.5 Å². The second-order valence-electron chi connectivity index (χ2n) is 8.66.